The maximum absolute atomic E-state index is 14.4. The molecule has 0 aromatic heterocycles. The SMILES string of the molecule is CCCNC(=O)[C@@H](Cc1ccccc1)N(Cc1ccc(F)cc1)C(=O)CN(c1ccc(Cl)cc1Cl)S(=O)(=O)c1ccccc1. The molecule has 0 spiro atoms. The molecule has 1 N–H and O–H groups in total. The number of hydrogen-bond acceptors (Lipinski definition) is 4. The largest absolute Gasteiger partial charge is 0.354 e. The highest BCUT2D eigenvalue weighted by atomic mass is 35.5. The molecule has 0 unspecified atom stereocenters. The summed E-state index contributed by atoms with van der Waals surface area (Å²) >= 11 is 12.6. The number of halogens is 3. The molecule has 0 saturated carbocycles. The number of nitrogens with one attached hydrogen (secondary N) is 1. The lowest BCUT2D eigenvalue weighted by Crippen LogP contribution is -2.53. The van der Waals surface area contributed by atoms with Gasteiger partial charge in [-0.15, -0.1) is 0 Å². The lowest BCUT2D eigenvalue weighted by Gasteiger charge is -2.34. The van der Waals surface area contributed by atoms with Crippen molar-refractivity contribution in [2.24, 2.45) is 0 Å². The first-order valence-corrected chi connectivity index (χ1v) is 16.2. The van der Waals surface area contributed by atoms with Crippen LogP contribution < -0.4 is 9.62 Å². The van der Waals surface area contributed by atoms with Gasteiger partial charge in [0.15, 0.2) is 0 Å². The highest BCUT2D eigenvalue weighted by Gasteiger charge is 2.35. The topological polar surface area (TPSA) is 86.8 Å². The molecule has 0 aliphatic heterocycles. The lowest BCUT2D eigenvalue weighted by molar-refractivity contribution is -0.140. The molecule has 0 saturated heterocycles. The van der Waals surface area contributed by atoms with E-state index in [1.807, 2.05) is 37.3 Å². The summed E-state index contributed by atoms with van der Waals surface area (Å²) in [5.74, 6) is -1.51. The predicted octanol–water partition coefficient (Wildman–Crippen LogP) is 6.49. The zero-order chi connectivity index (χ0) is 31.7. The van der Waals surface area contributed by atoms with Crippen molar-refractivity contribution in [3.8, 4) is 0 Å². The Morgan fingerprint density at radius 2 is 1.50 bits per heavy atom. The van der Waals surface area contributed by atoms with Crippen molar-refractivity contribution in [3.63, 3.8) is 0 Å². The molecule has 0 aliphatic carbocycles. The van der Waals surface area contributed by atoms with Crippen LogP contribution >= 0.6 is 23.2 Å². The Hall–Kier alpha value is -3.92. The number of benzene rings is 4. The summed E-state index contributed by atoms with van der Waals surface area (Å²) in [7, 11) is -4.31. The van der Waals surface area contributed by atoms with Gasteiger partial charge in [0.2, 0.25) is 11.8 Å². The average Bonchev–Trinajstić information content (AvgIpc) is 3.02. The highest BCUT2D eigenvalue weighted by molar-refractivity contribution is 7.92. The number of carbonyl (C=O) groups excluding carboxylic acids is 2. The number of nitrogens with zero attached hydrogens (tertiary/aromatic N) is 2. The summed E-state index contributed by atoms with van der Waals surface area (Å²) in [5.41, 5.74) is 1.41. The Kier molecular flexibility index (Phi) is 11.4. The minimum absolute atomic E-state index is 0.0245. The molecule has 7 nitrogen and oxygen atoms in total. The summed E-state index contributed by atoms with van der Waals surface area (Å²) in [6.07, 6.45) is 0.838. The number of rotatable bonds is 13. The smallest absolute Gasteiger partial charge is 0.264 e. The number of sulfonamides is 1. The highest BCUT2D eigenvalue weighted by Crippen LogP contribution is 2.33. The van der Waals surface area contributed by atoms with E-state index in [0.717, 1.165) is 9.87 Å². The van der Waals surface area contributed by atoms with Gasteiger partial charge in [-0.25, -0.2) is 12.8 Å². The molecule has 2 amide bonds. The second kappa shape index (κ2) is 15.2. The fraction of sp³-hybridized carbons (Fsp3) is 0.212. The maximum Gasteiger partial charge on any atom is 0.264 e. The van der Waals surface area contributed by atoms with Crippen LogP contribution in [0.25, 0.3) is 0 Å². The normalized spacial score (nSPS) is 11.9. The van der Waals surface area contributed by atoms with E-state index in [4.69, 9.17) is 23.2 Å². The van der Waals surface area contributed by atoms with E-state index < -0.39 is 40.2 Å². The number of carbonyl (C=O) groups is 2. The minimum Gasteiger partial charge on any atom is -0.354 e. The first-order valence-electron chi connectivity index (χ1n) is 14.0. The van der Waals surface area contributed by atoms with Crippen LogP contribution in [0, 0.1) is 5.82 Å². The summed E-state index contributed by atoms with van der Waals surface area (Å²) in [6, 6.07) is 25.7. The van der Waals surface area contributed by atoms with Crippen molar-refractivity contribution >= 4 is 50.7 Å². The number of amides is 2. The van der Waals surface area contributed by atoms with Gasteiger partial charge in [-0.2, -0.15) is 0 Å². The molecule has 11 heteroatoms. The van der Waals surface area contributed by atoms with Crippen molar-refractivity contribution in [3.05, 3.63) is 130 Å². The van der Waals surface area contributed by atoms with E-state index in [1.54, 1.807) is 18.2 Å². The Morgan fingerprint density at radius 1 is 0.864 bits per heavy atom. The van der Waals surface area contributed by atoms with E-state index in [1.165, 1.54) is 59.5 Å². The third kappa shape index (κ3) is 8.37. The monoisotopic (exact) mass is 655 g/mol. The van der Waals surface area contributed by atoms with Crippen LogP contribution in [0.4, 0.5) is 10.1 Å². The molecule has 0 fully saturated rings. The van der Waals surface area contributed by atoms with Crippen molar-refractivity contribution < 1.29 is 22.4 Å². The first kappa shape index (κ1) is 33.0. The van der Waals surface area contributed by atoms with Crippen molar-refractivity contribution in [1.29, 1.82) is 0 Å². The Morgan fingerprint density at radius 3 is 2.11 bits per heavy atom. The van der Waals surface area contributed by atoms with E-state index >= 15 is 0 Å². The Labute approximate surface area is 267 Å². The van der Waals surface area contributed by atoms with E-state index in [0.29, 0.717) is 18.5 Å². The lowest BCUT2D eigenvalue weighted by atomic mass is 10.0. The van der Waals surface area contributed by atoms with Gasteiger partial charge in [0.05, 0.1) is 15.6 Å². The molecular formula is C33H32Cl2FN3O4S. The molecule has 0 radical (unpaired) electrons. The van der Waals surface area contributed by atoms with Crippen molar-refractivity contribution in [2.75, 3.05) is 17.4 Å². The van der Waals surface area contributed by atoms with Gasteiger partial charge >= 0.3 is 0 Å². The van der Waals surface area contributed by atoms with Gasteiger partial charge in [0, 0.05) is 24.5 Å². The maximum atomic E-state index is 14.4. The van der Waals surface area contributed by atoms with Gasteiger partial charge in [-0.05, 0) is 60.0 Å². The average molecular weight is 657 g/mol. The molecule has 0 bridgehead atoms. The van der Waals surface area contributed by atoms with Gasteiger partial charge in [-0.3, -0.25) is 13.9 Å². The molecule has 4 rings (SSSR count). The standard InChI is InChI=1S/C33H32Cl2FN3O4S/c1-2-19-37-33(41)31(20-24-9-5-3-6-10-24)38(22-25-13-16-27(36)17-14-25)32(40)23-39(30-18-15-26(34)21-29(30)35)44(42,43)28-11-7-4-8-12-28/h3-18,21,31H,2,19-20,22-23H2,1H3,(H,37,41)/t31-/m1/s1. The predicted molar refractivity (Wildman–Crippen MR) is 172 cm³/mol. The molecule has 44 heavy (non-hydrogen) atoms. The third-order valence-electron chi connectivity index (χ3n) is 6.87. The van der Waals surface area contributed by atoms with Crippen LogP contribution in [0.3, 0.4) is 0 Å². The third-order valence-corrected chi connectivity index (χ3v) is 9.19. The minimum atomic E-state index is -4.31. The second-order valence-electron chi connectivity index (χ2n) is 10.1. The van der Waals surface area contributed by atoms with Crippen LogP contribution in [0.2, 0.25) is 10.0 Å². The van der Waals surface area contributed by atoms with Crippen LogP contribution in [-0.2, 0) is 32.6 Å². The van der Waals surface area contributed by atoms with Gasteiger partial charge in [0.1, 0.15) is 18.4 Å². The summed E-state index contributed by atoms with van der Waals surface area (Å²) < 4.78 is 42.7. The molecule has 0 aliphatic rings. The first-order chi connectivity index (χ1) is 21.1. The summed E-state index contributed by atoms with van der Waals surface area (Å²) in [5, 5.41) is 3.19. The Bertz CT molecular complexity index is 1670. The van der Waals surface area contributed by atoms with Crippen LogP contribution in [-0.4, -0.2) is 44.3 Å². The molecule has 230 valence electrons. The van der Waals surface area contributed by atoms with E-state index in [-0.39, 0.29) is 33.6 Å². The zero-order valence-electron chi connectivity index (χ0n) is 24.0. The van der Waals surface area contributed by atoms with Crippen LogP contribution in [0.15, 0.2) is 108 Å². The van der Waals surface area contributed by atoms with Gasteiger partial charge in [-0.1, -0.05) is 90.8 Å². The van der Waals surface area contributed by atoms with Crippen LogP contribution in [0.1, 0.15) is 24.5 Å². The number of anilines is 1. The number of hydrogen-bond donors (Lipinski definition) is 1. The van der Waals surface area contributed by atoms with Gasteiger partial charge < -0.3 is 10.2 Å². The molecular weight excluding hydrogens is 624 g/mol. The Balaban J connectivity index is 1.81. The van der Waals surface area contributed by atoms with Gasteiger partial charge in [0.25, 0.3) is 10.0 Å². The van der Waals surface area contributed by atoms with Crippen LogP contribution in [0.5, 0.6) is 0 Å². The zero-order valence-corrected chi connectivity index (χ0v) is 26.3. The summed E-state index contributed by atoms with van der Waals surface area (Å²) in [6.45, 7) is 1.55. The molecule has 4 aromatic carbocycles. The van der Waals surface area contributed by atoms with Crippen molar-refractivity contribution in [2.45, 2.75) is 37.2 Å². The summed E-state index contributed by atoms with van der Waals surface area (Å²) in [4.78, 5) is 29.3. The quantitative estimate of drug-likeness (QED) is 0.178. The van der Waals surface area contributed by atoms with E-state index in [9.17, 15) is 22.4 Å². The molecule has 0 heterocycles. The molecule has 4 aromatic rings. The molecule has 1 atom stereocenters. The van der Waals surface area contributed by atoms with E-state index in [2.05, 4.69) is 5.32 Å². The second-order valence-corrected chi connectivity index (χ2v) is 12.8. The van der Waals surface area contributed by atoms with Crippen molar-refractivity contribution in [1.82, 2.24) is 10.2 Å². The fourth-order valence-corrected chi connectivity index (χ4v) is 6.64. The fourth-order valence-electron chi connectivity index (χ4n) is 4.62.